The van der Waals surface area contributed by atoms with Gasteiger partial charge in [-0.3, -0.25) is 9.59 Å². The molecule has 8 heteroatoms. The number of amides is 1. The second-order valence-corrected chi connectivity index (χ2v) is 6.57. The van der Waals surface area contributed by atoms with Gasteiger partial charge in [-0.1, -0.05) is 12.1 Å². The first-order valence-electron chi connectivity index (χ1n) is 9.35. The highest BCUT2D eigenvalue weighted by Crippen LogP contribution is 2.35. The van der Waals surface area contributed by atoms with Crippen molar-refractivity contribution in [3.8, 4) is 5.75 Å². The van der Waals surface area contributed by atoms with Crippen molar-refractivity contribution >= 4 is 17.6 Å². The molecule has 0 unspecified atom stereocenters. The van der Waals surface area contributed by atoms with Gasteiger partial charge in [-0.25, -0.2) is 4.68 Å². The molecule has 0 bridgehead atoms. The molecule has 1 aliphatic rings. The third-order valence-electron chi connectivity index (χ3n) is 4.85. The lowest BCUT2D eigenvalue weighted by Gasteiger charge is -2.28. The molecule has 28 heavy (non-hydrogen) atoms. The highest BCUT2D eigenvalue weighted by Gasteiger charge is 2.31. The van der Waals surface area contributed by atoms with Crippen molar-refractivity contribution in [1.82, 2.24) is 19.7 Å². The number of benzene rings is 1. The largest absolute Gasteiger partial charge is 0.484 e. The van der Waals surface area contributed by atoms with Gasteiger partial charge in [0.25, 0.3) is 5.91 Å². The van der Waals surface area contributed by atoms with Gasteiger partial charge in [0.15, 0.2) is 12.4 Å². The summed E-state index contributed by atoms with van der Waals surface area (Å²) in [6.07, 6.45) is 1.46. The van der Waals surface area contributed by atoms with E-state index in [1.165, 1.54) is 6.33 Å². The number of fused-ring (bicyclic) bond motifs is 1. The minimum absolute atomic E-state index is 0.000688. The molecule has 2 aromatic rings. The summed E-state index contributed by atoms with van der Waals surface area (Å²) in [6, 6.07) is 7.01. The first-order valence-corrected chi connectivity index (χ1v) is 9.35. The Labute approximate surface area is 164 Å². The van der Waals surface area contributed by atoms with E-state index in [-0.39, 0.29) is 24.3 Å². The molecule has 0 fully saturated rings. The molecule has 2 heterocycles. The Kier molecular flexibility index (Phi) is 5.77. The van der Waals surface area contributed by atoms with E-state index in [2.05, 4.69) is 15.4 Å². The lowest BCUT2D eigenvalue weighted by molar-refractivity contribution is -0.133. The summed E-state index contributed by atoms with van der Waals surface area (Å²) >= 11 is 0. The number of nitrogens with zero attached hydrogens (tertiary/aromatic N) is 4. The molecular formula is C20H25N5O3. The van der Waals surface area contributed by atoms with Crippen LogP contribution < -0.4 is 10.1 Å². The standard InChI is InChI=1S/C20H25N5O3/c1-5-24(6-2)17(27)11-28-16-9-7-15(8-10-16)19-18(14(4)26)13(3)23-20-21-12-22-25(19)20/h7-10,12,19H,5-6,11H2,1-4H3,(H,21,22,23)/t19-/m1/s1. The first kappa shape index (κ1) is 19.6. The Morgan fingerprint density at radius 3 is 2.50 bits per heavy atom. The monoisotopic (exact) mass is 383 g/mol. The van der Waals surface area contributed by atoms with Gasteiger partial charge >= 0.3 is 0 Å². The van der Waals surface area contributed by atoms with Gasteiger partial charge in [-0.15, -0.1) is 0 Å². The van der Waals surface area contributed by atoms with Crippen LogP contribution in [0.2, 0.25) is 0 Å². The van der Waals surface area contributed by atoms with Crippen LogP contribution in [0.5, 0.6) is 5.75 Å². The van der Waals surface area contributed by atoms with E-state index < -0.39 is 0 Å². The molecule has 1 atom stereocenters. The molecule has 1 N–H and O–H groups in total. The van der Waals surface area contributed by atoms with Crippen LogP contribution in [0.25, 0.3) is 0 Å². The number of ketones is 1. The molecule has 3 rings (SSSR count). The number of aromatic nitrogens is 3. The van der Waals surface area contributed by atoms with Crippen LogP contribution in [0.1, 0.15) is 39.3 Å². The van der Waals surface area contributed by atoms with E-state index in [1.54, 1.807) is 28.6 Å². The predicted molar refractivity (Wildman–Crippen MR) is 105 cm³/mol. The van der Waals surface area contributed by atoms with Crippen molar-refractivity contribution in [3.63, 3.8) is 0 Å². The van der Waals surface area contributed by atoms with Gasteiger partial charge in [-0.2, -0.15) is 10.1 Å². The maximum absolute atomic E-state index is 12.3. The fraction of sp³-hybridized carbons (Fsp3) is 0.400. The quantitative estimate of drug-likeness (QED) is 0.790. The number of carbonyl (C=O) groups is 2. The van der Waals surface area contributed by atoms with E-state index in [1.807, 2.05) is 32.9 Å². The summed E-state index contributed by atoms with van der Waals surface area (Å²) < 4.78 is 7.33. The van der Waals surface area contributed by atoms with Gasteiger partial charge in [0.05, 0.1) is 0 Å². The number of ether oxygens (including phenoxy) is 1. The SMILES string of the molecule is CCN(CC)C(=O)COc1ccc([C@@H]2C(C(C)=O)=C(C)Nc3ncnn32)cc1. The number of anilines is 1. The average molecular weight is 383 g/mol. The average Bonchev–Trinajstić information content (AvgIpc) is 3.14. The first-order chi connectivity index (χ1) is 13.5. The summed E-state index contributed by atoms with van der Waals surface area (Å²) in [6.45, 7) is 8.61. The molecule has 8 nitrogen and oxygen atoms in total. The maximum atomic E-state index is 12.3. The van der Waals surface area contributed by atoms with Crippen molar-refractivity contribution < 1.29 is 14.3 Å². The minimum atomic E-state index is -0.359. The van der Waals surface area contributed by atoms with Crippen LogP contribution in [0.15, 0.2) is 41.9 Å². The molecule has 1 aliphatic heterocycles. The van der Waals surface area contributed by atoms with Crippen LogP contribution in [-0.4, -0.2) is 51.1 Å². The lowest BCUT2D eigenvalue weighted by atomic mass is 9.93. The smallest absolute Gasteiger partial charge is 0.260 e. The number of rotatable bonds is 7. The molecular weight excluding hydrogens is 358 g/mol. The van der Waals surface area contributed by atoms with Crippen molar-refractivity contribution in [2.75, 3.05) is 25.0 Å². The van der Waals surface area contributed by atoms with Crippen LogP contribution in [0, 0.1) is 0 Å². The number of carbonyl (C=O) groups excluding carboxylic acids is 2. The molecule has 148 valence electrons. The number of allylic oxidation sites excluding steroid dienone is 2. The second-order valence-electron chi connectivity index (χ2n) is 6.57. The van der Waals surface area contributed by atoms with Crippen molar-refractivity contribution in [2.24, 2.45) is 0 Å². The summed E-state index contributed by atoms with van der Waals surface area (Å²) in [5, 5.41) is 7.40. The van der Waals surface area contributed by atoms with E-state index in [0.29, 0.717) is 30.4 Å². The zero-order valence-electron chi connectivity index (χ0n) is 16.6. The fourth-order valence-electron chi connectivity index (χ4n) is 3.41. The normalized spacial score (nSPS) is 15.6. The Morgan fingerprint density at radius 2 is 1.89 bits per heavy atom. The maximum Gasteiger partial charge on any atom is 0.260 e. The number of nitrogens with one attached hydrogen (secondary N) is 1. The number of hydrogen-bond donors (Lipinski definition) is 1. The molecule has 0 spiro atoms. The predicted octanol–water partition coefficient (Wildman–Crippen LogP) is 2.40. The Morgan fingerprint density at radius 1 is 1.21 bits per heavy atom. The number of Topliss-reactive ketones (excluding diaryl/α,β-unsaturated/α-hetero) is 1. The highest BCUT2D eigenvalue weighted by molar-refractivity contribution is 5.96. The third kappa shape index (κ3) is 3.76. The Balaban J connectivity index is 1.81. The Hall–Kier alpha value is -3.16. The topological polar surface area (TPSA) is 89.3 Å². The number of hydrogen-bond acceptors (Lipinski definition) is 6. The summed E-state index contributed by atoms with van der Waals surface area (Å²) in [5.74, 6) is 1.12. The van der Waals surface area contributed by atoms with E-state index in [9.17, 15) is 9.59 Å². The highest BCUT2D eigenvalue weighted by atomic mass is 16.5. The van der Waals surface area contributed by atoms with Gasteiger partial charge in [-0.05, 0) is 45.4 Å². The minimum Gasteiger partial charge on any atom is -0.484 e. The van der Waals surface area contributed by atoms with Gasteiger partial charge in [0.1, 0.15) is 18.1 Å². The lowest BCUT2D eigenvalue weighted by Crippen LogP contribution is -2.34. The van der Waals surface area contributed by atoms with Crippen LogP contribution >= 0.6 is 0 Å². The number of likely N-dealkylation sites (N-methyl/N-ethyl adjacent to an activating group) is 1. The molecule has 1 amide bonds. The Bertz CT molecular complexity index is 897. The van der Waals surface area contributed by atoms with Crippen molar-refractivity contribution in [2.45, 2.75) is 33.7 Å². The van der Waals surface area contributed by atoms with Crippen molar-refractivity contribution in [3.05, 3.63) is 47.4 Å². The molecule has 0 saturated carbocycles. The third-order valence-corrected chi connectivity index (χ3v) is 4.85. The molecule has 1 aromatic carbocycles. The van der Waals surface area contributed by atoms with Crippen LogP contribution in [0.4, 0.5) is 5.95 Å². The van der Waals surface area contributed by atoms with Gasteiger partial charge in [0.2, 0.25) is 5.95 Å². The molecule has 0 aliphatic carbocycles. The second kappa shape index (κ2) is 8.24. The van der Waals surface area contributed by atoms with Crippen LogP contribution in [-0.2, 0) is 9.59 Å². The molecule has 1 aromatic heterocycles. The van der Waals surface area contributed by atoms with Crippen LogP contribution in [0.3, 0.4) is 0 Å². The molecule has 0 saturated heterocycles. The van der Waals surface area contributed by atoms with E-state index >= 15 is 0 Å². The van der Waals surface area contributed by atoms with Gasteiger partial charge < -0.3 is 15.0 Å². The summed E-state index contributed by atoms with van der Waals surface area (Å²) in [5.41, 5.74) is 2.30. The van der Waals surface area contributed by atoms with E-state index in [0.717, 1.165) is 11.3 Å². The van der Waals surface area contributed by atoms with E-state index in [4.69, 9.17) is 4.74 Å². The van der Waals surface area contributed by atoms with Crippen molar-refractivity contribution in [1.29, 1.82) is 0 Å². The zero-order chi connectivity index (χ0) is 20.3. The fourth-order valence-corrected chi connectivity index (χ4v) is 3.41. The zero-order valence-corrected chi connectivity index (χ0v) is 16.6. The molecule has 0 radical (unpaired) electrons. The summed E-state index contributed by atoms with van der Waals surface area (Å²) in [7, 11) is 0. The summed E-state index contributed by atoms with van der Waals surface area (Å²) in [4.78, 5) is 30.3. The van der Waals surface area contributed by atoms with Gasteiger partial charge in [0, 0.05) is 24.4 Å².